The number of benzene rings is 1. The molecule has 0 fully saturated rings. The number of hydrogen-bond acceptors (Lipinski definition) is 1. The fraction of sp³-hybridized carbons (Fsp3) is 0.467. The van der Waals surface area contributed by atoms with E-state index in [1.807, 2.05) is 12.1 Å². The predicted octanol–water partition coefficient (Wildman–Crippen LogP) is 5.39. The van der Waals surface area contributed by atoms with E-state index in [0.717, 1.165) is 36.4 Å². The Labute approximate surface area is 120 Å². The highest BCUT2D eigenvalue weighted by molar-refractivity contribution is 6.35. The maximum absolute atomic E-state index is 6.27. The molecular formula is C15H21Cl2N. The van der Waals surface area contributed by atoms with Crippen LogP contribution in [-0.2, 0) is 0 Å². The lowest BCUT2D eigenvalue weighted by Gasteiger charge is -2.20. The highest BCUT2D eigenvalue weighted by Crippen LogP contribution is 2.29. The summed E-state index contributed by atoms with van der Waals surface area (Å²) in [6.07, 6.45) is 3.12. The lowest BCUT2D eigenvalue weighted by atomic mass is 9.99. The van der Waals surface area contributed by atoms with Gasteiger partial charge in [0.2, 0.25) is 0 Å². The topological polar surface area (TPSA) is 12.0 Å². The van der Waals surface area contributed by atoms with Crippen molar-refractivity contribution in [3.05, 3.63) is 46.0 Å². The van der Waals surface area contributed by atoms with Crippen molar-refractivity contribution in [2.24, 2.45) is 0 Å². The van der Waals surface area contributed by atoms with Crippen LogP contribution in [0.5, 0.6) is 0 Å². The van der Waals surface area contributed by atoms with Crippen molar-refractivity contribution in [1.82, 2.24) is 5.32 Å². The van der Waals surface area contributed by atoms with Gasteiger partial charge in [0.25, 0.3) is 0 Å². The van der Waals surface area contributed by atoms with Crippen molar-refractivity contribution in [2.75, 3.05) is 6.54 Å². The molecule has 0 spiro atoms. The smallest absolute Gasteiger partial charge is 0.0468 e. The van der Waals surface area contributed by atoms with Gasteiger partial charge in [0.05, 0.1) is 0 Å². The molecule has 0 aromatic heterocycles. The van der Waals surface area contributed by atoms with Crippen LogP contribution in [-0.4, -0.2) is 6.54 Å². The molecule has 3 heteroatoms. The quantitative estimate of drug-likeness (QED) is 0.662. The van der Waals surface area contributed by atoms with E-state index in [2.05, 4.69) is 25.7 Å². The molecule has 1 N–H and O–H groups in total. The molecule has 0 bridgehead atoms. The van der Waals surface area contributed by atoms with E-state index in [-0.39, 0.29) is 6.04 Å². The highest BCUT2D eigenvalue weighted by Gasteiger charge is 2.14. The fourth-order valence-corrected chi connectivity index (χ4v) is 2.40. The van der Waals surface area contributed by atoms with Crippen molar-refractivity contribution in [3.63, 3.8) is 0 Å². The van der Waals surface area contributed by atoms with Crippen molar-refractivity contribution < 1.29 is 0 Å². The van der Waals surface area contributed by atoms with Gasteiger partial charge in [-0.2, -0.15) is 0 Å². The van der Waals surface area contributed by atoms with Gasteiger partial charge >= 0.3 is 0 Å². The Morgan fingerprint density at radius 1 is 1.39 bits per heavy atom. The zero-order valence-electron chi connectivity index (χ0n) is 11.1. The van der Waals surface area contributed by atoms with Gasteiger partial charge in [0.1, 0.15) is 0 Å². The first-order chi connectivity index (χ1) is 8.54. The van der Waals surface area contributed by atoms with E-state index < -0.39 is 0 Å². The van der Waals surface area contributed by atoms with Crippen LogP contribution in [0.1, 0.15) is 44.7 Å². The lowest BCUT2D eigenvalue weighted by Crippen LogP contribution is -2.22. The third kappa shape index (κ3) is 5.01. The summed E-state index contributed by atoms with van der Waals surface area (Å²) in [5, 5.41) is 4.95. The maximum Gasteiger partial charge on any atom is 0.0468 e. The van der Waals surface area contributed by atoms with Crippen LogP contribution in [0.2, 0.25) is 10.0 Å². The second kappa shape index (κ2) is 7.83. The Morgan fingerprint density at radius 3 is 2.67 bits per heavy atom. The van der Waals surface area contributed by atoms with Crippen LogP contribution in [0.3, 0.4) is 0 Å². The fourth-order valence-electron chi connectivity index (χ4n) is 1.86. The van der Waals surface area contributed by atoms with E-state index in [1.165, 1.54) is 5.57 Å². The minimum atomic E-state index is 0.270. The van der Waals surface area contributed by atoms with Gasteiger partial charge in [-0.1, -0.05) is 41.8 Å². The number of nitrogens with one attached hydrogen (secondary N) is 1. The first kappa shape index (κ1) is 15.6. The first-order valence-corrected chi connectivity index (χ1v) is 7.13. The van der Waals surface area contributed by atoms with Crippen LogP contribution in [0.4, 0.5) is 0 Å². The van der Waals surface area contributed by atoms with E-state index in [1.54, 1.807) is 6.07 Å². The van der Waals surface area contributed by atoms with Gasteiger partial charge in [-0.25, -0.2) is 0 Å². The third-order valence-electron chi connectivity index (χ3n) is 2.84. The SMILES string of the molecule is C=C(C)CCC(NCCC)c1ccc(Cl)cc1Cl. The summed E-state index contributed by atoms with van der Waals surface area (Å²) in [4.78, 5) is 0. The molecule has 0 aliphatic rings. The standard InChI is InChI=1S/C15H21Cl2N/c1-4-9-18-15(8-5-11(2)3)13-7-6-12(16)10-14(13)17/h6-7,10,15,18H,2,4-5,8-9H2,1,3H3. The summed E-state index contributed by atoms with van der Waals surface area (Å²) in [6.45, 7) is 9.16. The molecule has 0 amide bonds. The Hall–Kier alpha value is -0.500. The molecule has 100 valence electrons. The molecule has 18 heavy (non-hydrogen) atoms. The highest BCUT2D eigenvalue weighted by atomic mass is 35.5. The molecule has 0 radical (unpaired) electrons. The van der Waals surface area contributed by atoms with Gasteiger partial charge in [0.15, 0.2) is 0 Å². The van der Waals surface area contributed by atoms with Crippen molar-refractivity contribution in [2.45, 2.75) is 39.2 Å². The minimum absolute atomic E-state index is 0.270. The average molecular weight is 286 g/mol. The summed E-state index contributed by atoms with van der Waals surface area (Å²) in [5.41, 5.74) is 2.32. The molecule has 1 rings (SSSR count). The van der Waals surface area contributed by atoms with Gasteiger partial charge < -0.3 is 5.32 Å². The number of hydrogen-bond donors (Lipinski definition) is 1. The normalized spacial score (nSPS) is 12.4. The second-order valence-electron chi connectivity index (χ2n) is 4.67. The molecule has 0 saturated carbocycles. The van der Waals surface area contributed by atoms with Crippen LogP contribution in [0, 0.1) is 0 Å². The molecule has 1 unspecified atom stereocenters. The molecule has 0 saturated heterocycles. The maximum atomic E-state index is 6.27. The van der Waals surface area contributed by atoms with Gasteiger partial charge in [0, 0.05) is 16.1 Å². The summed E-state index contributed by atoms with van der Waals surface area (Å²) in [7, 11) is 0. The molecule has 1 aromatic carbocycles. The van der Waals surface area contributed by atoms with E-state index in [9.17, 15) is 0 Å². The molecule has 0 aliphatic carbocycles. The van der Waals surface area contributed by atoms with Gasteiger partial charge in [-0.05, 0) is 50.4 Å². The largest absolute Gasteiger partial charge is 0.310 e. The van der Waals surface area contributed by atoms with Gasteiger partial charge in [-0.15, -0.1) is 6.58 Å². The number of allylic oxidation sites excluding steroid dienone is 1. The van der Waals surface area contributed by atoms with Crippen molar-refractivity contribution >= 4 is 23.2 Å². The minimum Gasteiger partial charge on any atom is -0.310 e. The van der Waals surface area contributed by atoms with E-state index in [4.69, 9.17) is 23.2 Å². The monoisotopic (exact) mass is 285 g/mol. The molecule has 1 aromatic rings. The van der Waals surface area contributed by atoms with Gasteiger partial charge in [-0.3, -0.25) is 0 Å². The number of halogens is 2. The summed E-state index contributed by atoms with van der Waals surface area (Å²) in [6, 6.07) is 5.98. The van der Waals surface area contributed by atoms with Crippen molar-refractivity contribution in [3.8, 4) is 0 Å². The lowest BCUT2D eigenvalue weighted by molar-refractivity contribution is 0.499. The first-order valence-electron chi connectivity index (χ1n) is 6.37. The average Bonchev–Trinajstić information content (AvgIpc) is 2.30. The Balaban J connectivity index is 2.82. The Kier molecular flexibility index (Phi) is 6.77. The van der Waals surface area contributed by atoms with Crippen LogP contribution < -0.4 is 5.32 Å². The molecule has 1 nitrogen and oxygen atoms in total. The van der Waals surface area contributed by atoms with Crippen LogP contribution in [0.15, 0.2) is 30.4 Å². The molecular weight excluding hydrogens is 265 g/mol. The molecule has 0 heterocycles. The summed E-state index contributed by atoms with van der Waals surface area (Å²) < 4.78 is 0. The zero-order chi connectivity index (χ0) is 13.5. The zero-order valence-corrected chi connectivity index (χ0v) is 12.6. The summed E-state index contributed by atoms with van der Waals surface area (Å²) >= 11 is 12.2. The third-order valence-corrected chi connectivity index (χ3v) is 3.40. The van der Waals surface area contributed by atoms with Crippen molar-refractivity contribution in [1.29, 1.82) is 0 Å². The second-order valence-corrected chi connectivity index (χ2v) is 5.51. The van der Waals surface area contributed by atoms with E-state index >= 15 is 0 Å². The number of rotatable bonds is 7. The van der Waals surface area contributed by atoms with Crippen LogP contribution in [0.25, 0.3) is 0 Å². The Bertz CT molecular complexity index is 401. The molecule has 0 aliphatic heterocycles. The molecule has 1 atom stereocenters. The van der Waals surface area contributed by atoms with Crippen LogP contribution >= 0.6 is 23.2 Å². The Morgan fingerprint density at radius 2 is 2.11 bits per heavy atom. The summed E-state index contributed by atoms with van der Waals surface area (Å²) in [5.74, 6) is 0. The van der Waals surface area contributed by atoms with E-state index in [0.29, 0.717) is 5.02 Å². The predicted molar refractivity (Wildman–Crippen MR) is 81.5 cm³/mol.